The van der Waals surface area contributed by atoms with E-state index in [2.05, 4.69) is 0 Å². The summed E-state index contributed by atoms with van der Waals surface area (Å²) < 4.78 is 20.0. The Morgan fingerprint density at radius 2 is 1.57 bits per heavy atom. The van der Waals surface area contributed by atoms with Crippen LogP contribution < -0.4 is 9.64 Å². The summed E-state index contributed by atoms with van der Waals surface area (Å²) in [5.74, 6) is 0.238. The van der Waals surface area contributed by atoms with Crippen molar-refractivity contribution in [3.63, 3.8) is 0 Å². The molecular weight excluding hydrogens is 403 g/mol. The minimum absolute atomic E-state index is 0.0742. The van der Waals surface area contributed by atoms with Gasteiger partial charge in [-0.2, -0.15) is 0 Å². The van der Waals surface area contributed by atoms with Crippen LogP contribution in [0.2, 0.25) is 5.02 Å². The summed E-state index contributed by atoms with van der Waals surface area (Å²) >= 11 is 5.92. The summed E-state index contributed by atoms with van der Waals surface area (Å²) in [5, 5.41) is 0.670. The number of rotatable bonds is 5. The molecule has 1 aliphatic heterocycles. The monoisotopic (exact) mass is 424 g/mol. The third kappa shape index (κ3) is 4.57. The van der Waals surface area contributed by atoms with Crippen LogP contribution in [0, 0.1) is 5.82 Å². The van der Waals surface area contributed by atoms with Crippen LogP contribution in [0.15, 0.2) is 72.8 Å². The quantitative estimate of drug-likeness (QED) is 0.576. The number of carbonyl (C=O) groups excluding carboxylic acids is 1. The van der Waals surface area contributed by atoms with Gasteiger partial charge in [-0.3, -0.25) is 4.79 Å². The predicted molar refractivity (Wildman–Crippen MR) is 117 cm³/mol. The van der Waals surface area contributed by atoms with Crippen LogP contribution in [-0.4, -0.2) is 37.0 Å². The molecule has 1 saturated heterocycles. The molecule has 1 fully saturated rings. The molecule has 1 aliphatic rings. The highest BCUT2D eigenvalue weighted by molar-refractivity contribution is 6.30. The van der Waals surface area contributed by atoms with Gasteiger partial charge in [0.1, 0.15) is 18.2 Å². The van der Waals surface area contributed by atoms with Crippen LogP contribution in [0.4, 0.5) is 10.1 Å². The number of hydrogen-bond acceptors (Lipinski definition) is 3. The largest absolute Gasteiger partial charge is 0.488 e. The fourth-order valence-electron chi connectivity index (χ4n) is 3.54. The van der Waals surface area contributed by atoms with Crippen molar-refractivity contribution in [1.29, 1.82) is 0 Å². The van der Waals surface area contributed by atoms with Crippen LogP contribution >= 0.6 is 11.6 Å². The van der Waals surface area contributed by atoms with Crippen molar-refractivity contribution in [3.05, 3.63) is 94.8 Å². The van der Waals surface area contributed by atoms with Crippen molar-refractivity contribution in [2.75, 3.05) is 31.1 Å². The fourth-order valence-corrected chi connectivity index (χ4v) is 3.67. The van der Waals surface area contributed by atoms with E-state index >= 15 is 0 Å². The Kier molecular flexibility index (Phi) is 6.19. The highest BCUT2D eigenvalue weighted by Gasteiger charge is 2.25. The van der Waals surface area contributed by atoms with Gasteiger partial charge in [0.25, 0.3) is 5.91 Å². The molecule has 3 aromatic rings. The maximum Gasteiger partial charge on any atom is 0.257 e. The Morgan fingerprint density at radius 1 is 0.900 bits per heavy atom. The highest BCUT2D eigenvalue weighted by atomic mass is 35.5. The van der Waals surface area contributed by atoms with E-state index in [1.807, 2.05) is 47.4 Å². The molecule has 0 atom stereocenters. The molecule has 0 bridgehead atoms. The van der Waals surface area contributed by atoms with E-state index in [-0.39, 0.29) is 11.7 Å². The van der Waals surface area contributed by atoms with Crippen molar-refractivity contribution in [2.45, 2.75) is 6.61 Å². The van der Waals surface area contributed by atoms with Crippen molar-refractivity contribution in [2.24, 2.45) is 0 Å². The number of nitrogens with zero attached hydrogens (tertiary/aromatic N) is 2. The summed E-state index contributed by atoms with van der Waals surface area (Å²) in [6, 6.07) is 21.4. The Balaban J connectivity index is 1.41. The molecule has 0 radical (unpaired) electrons. The summed E-state index contributed by atoms with van der Waals surface area (Å²) in [6.07, 6.45) is 0. The molecule has 30 heavy (non-hydrogen) atoms. The number of piperazine rings is 1. The molecule has 0 spiro atoms. The first-order chi connectivity index (χ1) is 14.6. The van der Waals surface area contributed by atoms with E-state index in [4.69, 9.17) is 16.3 Å². The van der Waals surface area contributed by atoms with E-state index in [0.29, 0.717) is 54.8 Å². The van der Waals surface area contributed by atoms with Crippen LogP contribution in [0.3, 0.4) is 0 Å². The zero-order valence-corrected chi connectivity index (χ0v) is 17.2. The average Bonchev–Trinajstić information content (AvgIpc) is 2.79. The normalized spacial score (nSPS) is 13.9. The van der Waals surface area contributed by atoms with E-state index in [0.717, 1.165) is 5.56 Å². The summed E-state index contributed by atoms with van der Waals surface area (Å²) in [7, 11) is 0. The minimum Gasteiger partial charge on any atom is -0.488 e. The Morgan fingerprint density at radius 3 is 2.30 bits per heavy atom. The van der Waals surface area contributed by atoms with Crippen molar-refractivity contribution < 1.29 is 13.9 Å². The van der Waals surface area contributed by atoms with E-state index in [1.54, 1.807) is 29.2 Å². The first kappa shape index (κ1) is 20.2. The molecule has 0 aromatic heterocycles. The molecule has 1 heterocycles. The number of para-hydroxylation sites is 2. The molecule has 4 nitrogen and oxygen atoms in total. The number of ether oxygens (including phenoxy) is 1. The highest BCUT2D eigenvalue weighted by Crippen LogP contribution is 2.24. The zero-order chi connectivity index (χ0) is 20.9. The smallest absolute Gasteiger partial charge is 0.257 e. The molecular formula is C24H22ClFN2O2. The second-order valence-corrected chi connectivity index (χ2v) is 7.58. The van der Waals surface area contributed by atoms with Crippen LogP contribution in [0.1, 0.15) is 15.9 Å². The lowest BCUT2D eigenvalue weighted by Crippen LogP contribution is -2.49. The van der Waals surface area contributed by atoms with Crippen LogP contribution in [0.25, 0.3) is 0 Å². The lowest BCUT2D eigenvalue weighted by Gasteiger charge is -2.36. The molecule has 154 valence electrons. The van der Waals surface area contributed by atoms with Gasteiger partial charge in [0.05, 0.1) is 11.3 Å². The van der Waals surface area contributed by atoms with Gasteiger partial charge in [0, 0.05) is 31.2 Å². The number of carbonyl (C=O) groups is 1. The lowest BCUT2D eigenvalue weighted by molar-refractivity contribution is 0.0741. The van der Waals surface area contributed by atoms with Gasteiger partial charge >= 0.3 is 0 Å². The zero-order valence-electron chi connectivity index (χ0n) is 16.4. The van der Waals surface area contributed by atoms with E-state index in [1.165, 1.54) is 6.07 Å². The maximum absolute atomic E-state index is 14.0. The van der Waals surface area contributed by atoms with Gasteiger partial charge in [-0.05, 0) is 42.0 Å². The molecule has 0 unspecified atom stereocenters. The van der Waals surface area contributed by atoms with Crippen molar-refractivity contribution >= 4 is 23.2 Å². The molecule has 0 aliphatic carbocycles. The number of benzene rings is 3. The van der Waals surface area contributed by atoms with Crippen molar-refractivity contribution in [3.8, 4) is 5.75 Å². The Bertz CT molecular complexity index is 1020. The van der Waals surface area contributed by atoms with Gasteiger partial charge in [-0.25, -0.2) is 4.39 Å². The minimum atomic E-state index is -0.238. The molecule has 3 aromatic carbocycles. The van der Waals surface area contributed by atoms with Gasteiger partial charge in [0.2, 0.25) is 0 Å². The second kappa shape index (κ2) is 9.18. The summed E-state index contributed by atoms with van der Waals surface area (Å²) in [6.45, 7) is 2.57. The number of amides is 1. The van der Waals surface area contributed by atoms with E-state index < -0.39 is 0 Å². The summed E-state index contributed by atoms with van der Waals surface area (Å²) in [4.78, 5) is 16.9. The van der Waals surface area contributed by atoms with Gasteiger partial charge in [-0.1, -0.05) is 48.0 Å². The SMILES string of the molecule is O=C(c1ccccc1OCc1ccc(Cl)cc1)N1CCN(c2ccccc2F)CC1. The number of hydrogen-bond donors (Lipinski definition) is 0. The third-order valence-corrected chi connectivity index (χ3v) is 5.44. The van der Waals surface area contributed by atoms with Crippen molar-refractivity contribution in [1.82, 2.24) is 4.90 Å². The molecule has 0 saturated carbocycles. The molecule has 4 rings (SSSR count). The summed E-state index contributed by atoms with van der Waals surface area (Å²) in [5.41, 5.74) is 2.09. The van der Waals surface area contributed by atoms with Crippen LogP contribution in [-0.2, 0) is 6.61 Å². The maximum atomic E-state index is 14.0. The van der Waals surface area contributed by atoms with Crippen LogP contribution in [0.5, 0.6) is 5.75 Å². The predicted octanol–water partition coefficient (Wildman–Crippen LogP) is 5.02. The first-order valence-corrected chi connectivity index (χ1v) is 10.2. The molecule has 0 N–H and O–H groups in total. The Hall–Kier alpha value is -3.05. The van der Waals surface area contributed by atoms with Gasteiger partial charge in [-0.15, -0.1) is 0 Å². The third-order valence-electron chi connectivity index (χ3n) is 5.19. The second-order valence-electron chi connectivity index (χ2n) is 7.14. The molecule has 6 heteroatoms. The van der Waals surface area contributed by atoms with Gasteiger partial charge in [0.15, 0.2) is 0 Å². The van der Waals surface area contributed by atoms with E-state index in [9.17, 15) is 9.18 Å². The average molecular weight is 425 g/mol. The Labute approximate surface area is 180 Å². The first-order valence-electron chi connectivity index (χ1n) is 9.87. The van der Waals surface area contributed by atoms with Gasteiger partial charge < -0.3 is 14.5 Å². The topological polar surface area (TPSA) is 32.8 Å². The number of anilines is 1. The fraction of sp³-hybridized carbons (Fsp3) is 0.208. The molecule has 1 amide bonds. The lowest BCUT2D eigenvalue weighted by atomic mass is 10.1. The number of halogens is 2. The standard InChI is InChI=1S/C24H22ClFN2O2/c25-19-11-9-18(10-12-19)17-30-23-8-4-1-5-20(23)24(29)28-15-13-27(14-16-28)22-7-3-2-6-21(22)26/h1-12H,13-17H2.